The summed E-state index contributed by atoms with van der Waals surface area (Å²) in [6.45, 7) is 4.84. The van der Waals surface area contributed by atoms with Crippen LogP contribution < -0.4 is 10.6 Å². The standard InChI is InChI=1S/C22H32N2O/c1-15(2)21(19-6-4-3-5-7-19)23-14-20(25)24-22-11-16-8-17(12-22)10-18(9-16)13-22/h3-7,15-18,21,23H,8-14H2,1-2H3,(H,24,25)/t16?,17?,18?,21-,22?/m1/s1. The Bertz CT molecular complexity index is 574. The molecule has 136 valence electrons. The number of nitrogens with one attached hydrogen (secondary N) is 2. The molecule has 3 heteroatoms. The molecule has 0 aliphatic heterocycles. The second kappa shape index (κ2) is 6.75. The molecule has 1 atom stereocenters. The minimum absolute atomic E-state index is 0.119. The van der Waals surface area contributed by atoms with E-state index in [4.69, 9.17) is 0 Å². The van der Waals surface area contributed by atoms with Gasteiger partial charge in [0.1, 0.15) is 0 Å². The predicted octanol–water partition coefficient (Wildman–Crippen LogP) is 4.06. The molecule has 4 fully saturated rings. The molecular formula is C22H32N2O. The molecule has 1 aromatic rings. The zero-order chi connectivity index (χ0) is 17.4. The van der Waals surface area contributed by atoms with Crippen LogP contribution in [0.5, 0.6) is 0 Å². The van der Waals surface area contributed by atoms with Crippen LogP contribution in [0.15, 0.2) is 30.3 Å². The SMILES string of the molecule is CC(C)[C@@H](NCC(=O)NC12CC3CC(CC(C3)C1)C2)c1ccccc1. The van der Waals surface area contributed by atoms with E-state index in [2.05, 4.69) is 48.7 Å². The molecule has 0 aromatic heterocycles. The van der Waals surface area contributed by atoms with Crippen molar-refractivity contribution in [1.82, 2.24) is 10.6 Å². The predicted molar refractivity (Wildman–Crippen MR) is 101 cm³/mol. The highest BCUT2D eigenvalue weighted by molar-refractivity contribution is 5.79. The summed E-state index contributed by atoms with van der Waals surface area (Å²) in [5.74, 6) is 3.24. The van der Waals surface area contributed by atoms with E-state index in [1.807, 2.05) is 6.07 Å². The zero-order valence-electron chi connectivity index (χ0n) is 15.6. The summed E-state index contributed by atoms with van der Waals surface area (Å²) >= 11 is 0. The van der Waals surface area contributed by atoms with Gasteiger partial charge >= 0.3 is 0 Å². The molecule has 0 unspecified atom stereocenters. The maximum atomic E-state index is 12.7. The van der Waals surface area contributed by atoms with Gasteiger partial charge in [0, 0.05) is 11.6 Å². The molecule has 4 aliphatic carbocycles. The Morgan fingerprint density at radius 2 is 1.60 bits per heavy atom. The Morgan fingerprint density at radius 3 is 2.12 bits per heavy atom. The Morgan fingerprint density at radius 1 is 1.04 bits per heavy atom. The van der Waals surface area contributed by atoms with Gasteiger partial charge in [-0.3, -0.25) is 4.79 Å². The van der Waals surface area contributed by atoms with Gasteiger partial charge < -0.3 is 10.6 Å². The van der Waals surface area contributed by atoms with Crippen LogP contribution in [0.2, 0.25) is 0 Å². The summed E-state index contributed by atoms with van der Waals surface area (Å²) in [6.07, 6.45) is 7.90. The van der Waals surface area contributed by atoms with Crippen molar-refractivity contribution in [3.05, 3.63) is 35.9 Å². The van der Waals surface area contributed by atoms with Crippen molar-refractivity contribution in [2.24, 2.45) is 23.7 Å². The Labute approximate surface area is 152 Å². The quantitative estimate of drug-likeness (QED) is 0.820. The molecule has 3 nitrogen and oxygen atoms in total. The highest BCUT2D eigenvalue weighted by Gasteiger charge is 2.51. The summed E-state index contributed by atoms with van der Waals surface area (Å²) in [6, 6.07) is 10.7. The van der Waals surface area contributed by atoms with Gasteiger partial charge in [0.05, 0.1) is 6.54 Å². The van der Waals surface area contributed by atoms with Crippen LogP contribution in [0.1, 0.15) is 64.0 Å². The largest absolute Gasteiger partial charge is 0.350 e. The van der Waals surface area contributed by atoms with Crippen LogP contribution in [0.4, 0.5) is 0 Å². The van der Waals surface area contributed by atoms with Crippen molar-refractivity contribution in [2.75, 3.05) is 6.54 Å². The Hall–Kier alpha value is -1.35. The summed E-state index contributed by atoms with van der Waals surface area (Å²) < 4.78 is 0. The van der Waals surface area contributed by atoms with Crippen molar-refractivity contribution < 1.29 is 4.79 Å². The monoisotopic (exact) mass is 340 g/mol. The number of benzene rings is 1. The lowest BCUT2D eigenvalue weighted by Gasteiger charge is -2.56. The van der Waals surface area contributed by atoms with Gasteiger partial charge in [0.2, 0.25) is 5.91 Å². The Balaban J connectivity index is 1.36. The topological polar surface area (TPSA) is 41.1 Å². The molecular weight excluding hydrogens is 308 g/mol. The first-order valence-corrected chi connectivity index (χ1v) is 10.1. The first-order valence-electron chi connectivity index (χ1n) is 10.1. The van der Waals surface area contributed by atoms with Gasteiger partial charge in [-0.05, 0) is 67.8 Å². The van der Waals surface area contributed by atoms with Crippen LogP contribution in [0.3, 0.4) is 0 Å². The molecule has 4 aliphatic rings. The van der Waals surface area contributed by atoms with Crippen LogP contribution in [0.25, 0.3) is 0 Å². The third-order valence-corrected chi connectivity index (χ3v) is 6.75. The van der Waals surface area contributed by atoms with E-state index in [9.17, 15) is 4.79 Å². The molecule has 5 rings (SSSR count). The molecule has 1 aromatic carbocycles. The number of rotatable bonds is 6. The van der Waals surface area contributed by atoms with Crippen LogP contribution in [-0.2, 0) is 4.79 Å². The fourth-order valence-electron chi connectivity index (χ4n) is 6.21. The highest BCUT2D eigenvalue weighted by Crippen LogP contribution is 2.55. The minimum Gasteiger partial charge on any atom is -0.350 e. The molecule has 1 amide bonds. The highest BCUT2D eigenvalue weighted by atomic mass is 16.2. The Kier molecular flexibility index (Phi) is 4.61. The molecule has 4 bridgehead atoms. The zero-order valence-corrected chi connectivity index (χ0v) is 15.6. The van der Waals surface area contributed by atoms with Gasteiger partial charge in [0.15, 0.2) is 0 Å². The van der Waals surface area contributed by atoms with E-state index >= 15 is 0 Å². The maximum Gasteiger partial charge on any atom is 0.234 e. The third-order valence-electron chi connectivity index (χ3n) is 6.75. The third kappa shape index (κ3) is 3.62. The fourth-order valence-corrected chi connectivity index (χ4v) is 6.21. The molecule has 0 radical (unpaired) electrons. The van der Waals surface area contributed by atoms with E-state index < -0.39 is 0 Å². The number of hydrogen-bond acceptors (Lipinski definition) is 2. The van der Waals surface area contributed by atoms with E-state index in [1.54, 1.807) is 0 Å². The summed E-state index contributed by atoms with van der Waals surface area (Å²) in [4.78, 5) is 12.7. The first kappa shape index (κ1) is 17.1. The van der Waals surface area contributed by atoms with Gasteiger partial charge in [-0.15, -0.1) is 0 Å². The first-order chi connectivity index (χ1) is 12.0. The van der Waals surface area contributed by atoms with Crippen LogP contribution in [-0.4, -0.2) is 18.0 Å². The molecule has 0 heterocycles. The molecule has 0 saturated heterocycles. The molecule has 4 saturated carbocycles. The lowest BCUT2D eigenvalue weighted by Crippen LogP contribution is -2.60. The lowest BCUT2D eigenvalue weighted by atomic mass is 9.53. The van der Waals surface area contributed by atoms with E-state index in [0.29, 0.717) is 12.5 Å². The van der Waals surface area contributed by atoms with Gasteiger partial charge in [-0.2, -0.15) is 0 Å². The van der Waals surface area contributed by atoms with Gasteiger partial charge in [-0.25, -0.2) is 0 Å². The van der Waals surface area contributed by atoms with Gasteiger partial charge in [-0.1, -0.05) is 44.2 Å². The van der Waals surface area contributed by atoms with Crippen molar-refractivity contribution in [3.63, 3.8) is 0 Å². The average molecular weight is 341 g/mol. The van der Waals surface area contributed by atoms with Crippen molar-refractivity contribution in [2.45, 2.75) is 64.0 Å². The van der Waals surface area contributed by atoms with Crippen molar-refractivity contribution >= 4 is 5.91 Å². The number of hydrogen-bond donors (Lipinski definition) is 2. The normalized spacial score (nSPS) is 34.3. The number of carbonyl (C=O) groups excluding carboxylic acids is 1. The van der Waals surface area contributed by atoms with Crippen LogP contribution >= 0.6 is 0 Å². The number of carbonyl (C=O) groups is 1. The van der Waals surface area contributed by atoms with Crippen molar-refractivity contribution in [1.29, 1.82) is 0 Å². The summed E-state index contributed by atoms with van der Waals surface area (Å²) in [5.41, 5.74) is 1.38. The summed E-state index contributed by atoms with van der Waals surface area (Å²) in [7, 11) is 0. The molecule has 0 spiro atoms. The summed E-state index contributed by atoms with van der Waals surface area (Å²) in [5, 5.41) is 6.97. The van der Waals surface area contributed by atoms with Crippen LogP contribution in [0, 0.1) is 23.7 Å². The second-order valence-corrected chi connectivity index (χ2v) is 9.26. The number of amides is 1. The molecule has 25 heavy (non-hydrogen) atoms. The fraction of sp³-hybridized carbons (Fsp3) is 0.682. The van der Waals surface area contributed by atoms with Crippen molar-refractivity contribution in [3.8, 4) is 0 Å². The molecule has 2 N–H and O–H groups in total. The van der Waals surface area contributed by atoms with E-state index in [-0.39, 0.29) is 17.5 Å². The van der Waals surface area contributed by atoms with E-state index in [1.165, 1.54) is 44.1 Å². The smallest absolute Gasteiger partial charge is 0.234 e. The van der Waals surface area contributed by atoms with Gasteiger partial charge in [0.25, 0.3) is 0 Å². The van der Waals surface area contributed by atoms with E-state index in [0.717, 1.165) is 17.8 Å². The maximum absolute atomic E-state index is 12.7. The second-order valence-electron chi connectivity index (χ2n) is 9.26. The lowest BCUT2D eigenvalue weighted by molar-refractivity contribution is -0.126. The average Bonchev–Trinajstić information content (AvgIpc) is 2.54. The minimum atomic E-state index is 0.119.